The maximum Gasteiger partial charge on any atom is 0.336 e. The number of hydrogen-bond acceptors (Lipinski definition) is 3. The van der Waals surface area contributed by atoms with Crippen molar-refractivity contribution in [2.24, 2.45) is 0 Å². The Labute approximate surface area is 157 Å². The molecule has 27 heavy (non-hydrogen) atoms. The highest BCUT2D eigenvalue weighted by Crippen LogP contribution is 2.29. The van der Waals surface area contributed by atoms with Gasteiger partial charge in [-0.1, -0.05) is 66.7 Å². The molecule has 4 rings (SSSR count). The SMILES string of the molecule is O=c1cc(-c2ccccc2)c2ccc(OCC=Cc3ccccc3)cc2o1. The van der Waals surface area contributed by atoms with Crippen LogP contribution in [0.25, 0.3) is 28.2 Å². The van der Waals surface area contributed by atoms with E-state index in [0.717, 1.165) is 22.1 Å². The molecule has 0 fully saturated rings. The second kappa shape index (κ2) is 7.75. The second-order valence-electron chi connectivity index (χ2n) is 6.13. The van der Waals surface area contributed by atoms with E-state index in [1.807, 2.05) is 84.9 Å². The molecule has 0 bridgehead atoms. The minimum Gasteiger partial charge on any atom is -0.489 e. The fourth-order valence-corrected chi connectivity index (χ4v) is 2.98. The first-order valence-corrected chi connectivity index (χ1v) is 8.77. The van der Waals surface area contributed by atoms with Crippen LogP contribution < -0.4 is 10.4 Å². The van der Waals surface area contributed by atoms with Gasteiger partial charge in [0.1, 0.15) is 17.9 Å². The molecule has 0 saturated carbocycles. The first-order valence-electron chi connectivity index (χ1n) is 8.77. The van der Waals surface area contributed by atoms with E-state index in [9.17, 15) is 4.79 Å². The van der Waals surface area contributed by atoms with Crippen molar-refractivity contribution in [2.45, 2.75) is 0 Å². The molecule has 0 radical (unpaired) electrons. The largest absolute Gasteiger partial charge is 0.489 e. The Bertz CT molecular complexity index is 1130. The summed E-state index contributed by atoms with van der Waals surface area (Å²) in [6.45, 7) is 0.434. The van der Waals surface area contributed by atoms with E-state index in [-0.39, 0.29) is 5.63 Å². The van der Waals surface area contributed by atoms with Gasteiger partial charge in [-0.05, 0) is 34.9 Å². The Morgan fingerprint density at radius 1 is 0.852 bits per heavy atom. The lowest BCUT2D eigenvalue weighted by atomic mass is 10.0. The molecule has 0 saturated heterocycles. The van der Waals surface area contributed by atoms with Crippen LogP contribution in [0.15, 0.2) is 100 Å². The summed E-state index contributed by atoms with van der Waals surface area (Å²) >= 11 is 0. The van der Waals surface area contributed by atoms with Gasteiger partial charge in [0.05, 0.1) is 0 Å². The van der Waals surface area contributed by atoms with Crippen molar-refractivity contribution in [3.63, 3.8) is 0 Å². The molecule has 132 valence electrons. The monoisotopic (exact) mass is 354 g/mol. The molecule has 3 heteroatoms. The summed E-state index contributed by atoms with van der Waals surface area (Å²) in [5.74, 6) is 0.661. The summed E-state index contributed by atoms with van der Waals surface area (Å²) in [5.41, 5.74) is 3.11. The first-order chi connectivity index (χ1) is 13.3. The van der Waals surface area contributed by atoms with E-state index in [4.69, 9.17) is 9.15 Å². The molecule has 3 aromatic carbocycles. The summed E-state index contributed by atoms with van der Waals surface area (Å²) in [6, 6.07) is 27.0. The summed E-state index contributed by atoms with van der Waals surface area (Å²) in [7, 11) is 0. The lowest BCUT2D eigenvalue weighted by Crippen LogP contribution is -1.99. The van der Waals surface area contributed by atoms with Crippen LogP contribution in [0.2, 0.25) is 0 Å². The molecular formula is C24H18O3. The summed E-state index contributed by atoms with van der Waals surface area (Å²) in [5, 5.41) is 0.882. The van der Waals surface area contributed by atoms with Crippen molar-refractivity contribution in [3.05, 3.63) is 107 Å². The molecule has 3 nitrogen and oxygen atoms in total. The number of rotatable bonds is 5. The lowest BCUT2D eigenvalue weighted by Gasteiger charge is -2.08. The third-order valence-corrected chi connectivity index (χ3v) is 4.26. The highest BCUT2D eigenvalue weighted by Gasteiger charge is 2.08. The van der Waals surface area contributed by atoms with Crippen molar-refractivity contribution in [2.75, 3.05) is 6.61 Å². The zero-order valence-corrected chi connectivity index (χ0v) is 14.7. The average Bonchev–Trinajstić information content (AvgIpc) is 2.72. The molecule has 0 unspecified atom stereocenters. The molecule has 1 aromatic heterocycles. The number of fused-ring (bicyclic) bond motifs is 1. The Morgan fingerprint density at radius 2 is 1.59 bits per heavy atom. The summed E-state index contributed by atoms with van der Waals surface area (Å²) < 4.78 is 11.2. The molecule has 0 amide bonds. The van der Waals surface area contributed by atoms with Crippen LogP contribution in [0.4, 0.5) is 0 Å². The molecule has 4 aromatic rings. The number of hydrogen-bond donors (Lipinski definition) is 0. The topological polar surface area (TPSA) is 39.4 Å². The van der Waals surface area contributed by atoms with Gasteiger partial charge < -0.3 is 9.15 Å². The Kier molecular flexibility index (Phi) is 4.84. The fourth-order valence-electron chi connectivity index (χ4n) is 2.98. The molecular weight excluding hydrogens is 336 g/mol. The normalized spacial score (nSPS) is 11.1. The van der Waals surface area contributed by atoms with E-state index in [1.165, 1.54) is 6.07 Å². The zero-order chi connectivity index (χ0) is 18.5. The molecule has 0 aliphatic carbocycles. The molecule has 1 heterocycles. The maximum absolute atomic E-state index is 12.0. The van der Waals surface area contributed by atoms with E-state index in [2.05, 4.69) is 0 Å². The van der Waals surface area contributed by atoms with Crippen molar-refractivity contribution in [3.8, 4) is 16.9 Å². The smallest absolute Gasteiger partial charge is 0.336 e. The molecule has 0 N–H and O–H groups in total. The Balaban J connectivity index is 1.58. The first kappa shape index (κ1) is 16.9. The zero-order valence-electron chi connectivity index (χ0n) is 14.7. The van der Waals surface area contributed by atoms with Crippen LogP contribution in [0.5, 0.6) is 5.75 Å². The molecule has 0 aliphatic rings. The molecule has 0 spiro atoms. The Hall–Kier alpha value is -3.59. The van der Waals surface area contributed by atoms with Gasteiger partial charge in [0.2, 0.25) is 0 Å². The van der Waals surface area contributed by atoms with Gasteiger partial charge in [0.25, 0.3) is 0 Å². The maximum atomic E-state index is 12.0. The molecule has 0 aliphatic heterocycles. The summed E-state index contributed by atoms with van der Waals surface area (Å²) in [4.78, 5) is 12.0. The van der Waals surface area contributed by atoms with E-state index in [0.29, 0.717) is 17.9 Å². The van der Waals surface area contributed by atoms with Gasteiger partial charge in [0.15, 0.2) is 0 Å². The minimum atomic E-state index is -0.373. The molecule has 0 atom stereocenters. The second-order valence-corrected chi connectivity index (χ2v) is 6.13. The van der Waals surface area contributed by atoms with Crippen molar-refractivity contribution in [1.82, 2.24) is 0 Å². The van der Waals surface area contributed by atoms with Crippen LogP contribution in [0.3, 0.4) is 0 Å². The highest BCUT2D eigenvalue weighted by molar-refractivity contribution is 5.93. The van der Waals surface area contributed by atoms with Crippen molar-refractivity contribution >= 4 is 17.0 Å². The van der Waals surface area contributed by atoms with Crippen LogP contribution in [0, 0.1) is 0 Å². The van der Waals surface area contributed by atoms with Crippen LogP contribution in [-0.2, 0) is 0 Å². The number of benzene rings is 3. The highest BCUT2D eigenvalue weighted by atomic mass is 16.5. The van der Waals surface area contributed by atoms with Crippen LogP contribution in [-0.4, -0.2) is 6.61 Å². The van der Waals surface area contributed by atoms with Gasteiger partial charge >= 0.3 is 5.63 Å². The number of ether oxygens (including phenoxy) is 1. The third kappa shape index (κ3) is 3.98. The van der Waals surface area contributed by atoms with E-state index >= 15 is 0 Å². The predicted molar refractivity (Wildman–Crippen MR) is 109 cm³/mol. The van der Waals surface area contributed by atoms with Gasteiger partial charge in [0, 0.05) is 17.5 Å². The van der Waals surface area contributed by atoms with Gasteiger partial charge in [-0.3, -0.25) is 0 Å². The standard InChI is InChI=1S/C24H18O3/c25-24-17-22(19-11-5-2-6-12-19)21-14-13-20(16-23(21)27-24)26-15-7-10-18-8-3-1-4-9-18/h1-14,16-17H,15H2. The average molecular weight is 354 g/mol. The minimum absolute atomic E-state index is 0.373. The van der Waals surface area contributed by atoms with Gasteiger partial charge in [-0.25, -0.2) is 4.79 Å². The van der Waals surface area contributed by atoms with Crippen molar-refractivity contribution < 1.29 is 9.15 Å². The van der Waals surface area contributed by atoms with Gasteiger partial charge in [-0.15, -0.1) is 0 Å². The Morgan fingerprint density at radius 3 is 2.37 bits per heavy atom. The van der Waals surface area contributed by atoms with Crippen molar-refractivity contribution in [1.29, 1.82) is 0 Å². The van der Waals surface area contributed by atoms with Crippen LogP contribution >= 0.6 is 0 Å². The van der Waals surface area contributed by atoms with Gasteiger partial charge in [-0.2, -0.15) is 0 Å². The fraction of sp³-hybridized carbons (Fsp3) is 0.0417. The van der Waals surface area contributed by atoms with E-state index < -0.39 is 0 Å². The summed E-state index contributed by atoms with van der Waals surface area (Å²) in [6.07, 6.45) is 3.96. The van der Waals surface area contributed by atoms with E-state index in [1.54, 1.807) is 6.07 Å². The predicted octanol–water partition coefficient (Wildman–Crippen LogP) is 5.55. The quantitative estimate of drug-likeness (QED) is 0.441. The lowest BCUT2D eigenvalue weighted by molar-refractivity contribution is 0.363. The van der Waals surface area contributed by atoms with Crippen LogP contribution in [0.1, 0.15) is 5.56 Å². The third-order valence-electron chi connectivity index (χ3n) is 4.26.